The molecule has 2 rings (SSSR count). The van der Waals surface area contributed by atoms with Crippen molar-refractivity contribution in [2.75, 3.05) is 0 Å². The number of aromatic nitrogens is 1. The number of hydrogen-bond acceptors (Lipinski definition) is 3. The van der Waals surface area contributed by atoms with E-state index in [0.717, 1.165) is 12.6 Å². The number of nitrogens with zero attached hydrogens (tertiary/aromatic N) is 1. The van der Waals surface area contributed by atoms with Gasteiger partial charge in [0, 0.05) is 23.3 Å². The second kappa shape index (κ2) is 5.96. The van der Waals surface area contributed by atoms with Crippen LogP contribution in [0, 0.1) is 5.82 Å². The van der Waals surface area contributed by atoms with Crippen LogP contribution in [0.4, 0.5) is 4.39 Å². The third-order valence-corrected chi connectivity index (χ3v) is 2.76. The molecule has 0 amide bonds. The number of aliphatic hydroxyl groups is 1. The summed E-state index contributed by atoms with van der Waals surface area (Å²) in [6.45, 7) is 4.14. The van der Waals surface area contributed by atoms with Gasteiger partial charge in [0.1, 0.15) is 5.82 Å². The molecule has 1 aromatic heterocycles. The Labute approximate surface area is 113 Å². The average molecular weight is 283 g/mol. The molecule has 3 nitrogen and oxygen atoms in total. The van der Waals surface area contributed by atoms with Crippen LogP contribution in [0.2, 0.25) is 0 Å². The van der Waals surface area contributed by atoms with Gasteiger partial charge in [-0.15, -0.1) is 24.8 Å². The molecule has 0 spiro atoms. The maximum atomic E-state index is 12.9. The molecule has 1 fully saturated rings. The lowest BCUT2D eigenvalue weighted by Crippen LogP contribution is -2.61. The molecule has 0 aliphatic carbocycles. The van der Waals surface area contributed by atoms with E-state index >= 15 is 0 Å². The molecule has 0 saturated carbocycles. The first-order valence-electron chi connectivity index (χ1n) is 5.04. The molecule has 2 heterocycles. The van der Waals surface area contributed by atoms with E-state index in [1.807, 2.05) is 0 Å². The molecule has 1 aromatic rings. The minimum atomic E-state index is -0.679. The van der Waals surface area contributed by atoms with Gasteiger partial charge in [0.15, 0.2) is 0 Å². The second-order valence-corrected chi connectivity index (χ2v) is 4.72. The Bertz CT molecular complexity index is 368. The summed E-state index contributed by atoms with van der Waals surface area (Å²) in [6.07, 6.45) is 2.83. The first-order chi connectivity index (χ1) is 6.98. The lowest BCUT2D eigenvalue weighted by Gasteiger charge is -2.46. The van der Waals surface area contributed by atoms with Gasteiger partial charge in [-0.1, -0.05) is 0 Å². The van der Waals surface area contributed by atoms with E-state index in [-0.39, 0.29) is 36.4 Å². The van der Waals surface area contributed by atoms with Gasteiger partial charge < -0.3 is 10.4 Å². The first-order valence-corrected chi connectivity index (χ1v) is 5.04. The zero-order valence-electron chi connectivity index (χ0n) is 9.68. The number of aliphatic hydroxyl groups excluding tert-OH is 1. The van der Waals surface area contributed by atoms with Gasteiger partial charge in [-0.05, 0) is 26.3 Å². The largest absolute Gasteiger partial charge is 0.387 e. The third-order valence-electron chi connectivity index (χ3n) is 2.76. The van der Waals surface area contributed by atoms with Gasteiger partial charge in [-0.25, -0.2) is 4.39 Å². The zero-order chi connectivity index (χ0) is 11.1. The topological polar surface area (TPSA) is 45.2 Å². The van der Waals surface area contributed by atoms with E-state index in [2.05, 4.69) is 24.1 Å². The van der Waals surface area contributed by atoms with E-state index in [4.69, 9.17) is 0 Å². The predicted molar refractivity (Wildman–Crippen MR) is 69.3 cm³/mol. The third kappa shape index (κ3) is 3.78. The Hall–Kier alpha value is -0.420. The van der Waals surface area contributed by atoms with Crippen molar-refractivity contribution in [2.24, 2.45) is 0 Å². The van der Waals surface area contributed by atoms with E-state index < -0.39 is 11.9 Å². The fourth-order valence-corrected chi connectivity index (χ4v) is 2.04. The monoisotopic (exact) mass is 282 g/mol. The Balaban J connectivity index is 0.00000128. The average Bonchev–Trinajstić information content (AvgIpc) is 2.13. The molecule has 0 aromatic carbocycles. The minimum Gasteiger partial charge on any atom is -0.387 e. The van der Waals surface area contributed by atoms with Crippen molar-refractivity contribution in [3.8, 4) is 0 Å². The van der Waals surface area contributed by atoms with Gasteiger partial charge >= 0.3 is 0 Å². The highest BCUT2D eigenvalue weighted by Gasteiger charge is 2.39. The van der Waals surface area contributed by atoms with Crippen molar-refractivity contribution in [1.29, 1.82) is 0 Å². The zero-order valence-corrected chi connectivity index (χ0v) is 11.3. The SMILES string of the molecule is CC1(C)C[C@@H](C(O)c2cncc(F)c2)N1.Cl.Cl. The Morgan fingerprint density at radius 3 is 2.53 bits per heavy atom. The Morgan fingerprint density at radius 2 is 2.06 bits per heavy atom. The number of nitrogens with one attached hydrogen (secondary N) is 1. The summed E-state index contributed by atoms with van der Waals surface area (Å²) < 4.78 is 12.9. The van der Waals surface area contributed by atoms with Gasteiger partial charge in [0.25, 0.3) is 0 Å². The van der Waals surface area contributed by atoms with Crippen molar-refractivity contribution in [3.05, 3.63) is 29.8 Å². The lowest BCUT2D eigenvalue weighted by molar-refractivity contribution is 0.0386. The van der Waals surface area contributed by atoms with Crippen LogP contribution in [0.25, 0.3) is 0 Å². The quantitative estimate of drug-likeness (QED) is 0.875. The summed E-state index contributed by atoms with van der Waals surface area (Å²) in [5, 5.41) is 13.2. The van der Waals surface area contributed by atoms with Crippen LogP contribution in [0.3, 0.4) is 0 Å². The van der Waals surface area contributed by atoms with Crippen molar-refractivity contribution < 1.29 is 9.50 Å². The summed E-state index contributed by atoms with van der Waals surface area (Å²) in [6, 6.07) is 1.33. The highest BCUT2D eigenvalue weighted by Crippen LogP contribution is 2.31. The van der Waals surface area contributed by atoms with E-state index in [9.17, 15) is 9.50 Å². The van der Waals surface area contributed by atoms with Crippen LogP contribution >= 0.6 is 24.8 Å². The maximum absolute atomic E-state index is 12.9. The number of halogens is 3. The second-order valence-electron chi connectivity index (χ2n) is 4.72. The smallest absolute Gasteiger partial charge is 0.141 e. The highest BCUT2D eigenvalue weighted by atomic mass is 35.5. The number of rotatable bonds is 2. The van der Waals surface area contributed by atoms with Crippen LogP contribution < -0.4 is 5.32 Å². The van der Waals surface area contributed by atoms with Gasteiger partial charge in [-0.3, -0.25) is 4.98 Å². The first kappa shape index (κ1) is 16.6. The molecule has 98 valence electrons. The molecule has 17 heavy (non-hydrogen) atoms. The van der Waals surface area contributed by atoms with E-state index in [0.29, 0.717) is 5.56 Å². The lowest BCUT2D eigenvalue weighted by atomic mass is 9.81. The highest BCUT2D eigenvalue weighted by molar-refractivity contribution is 5.85. The summed E-state index contributed by atoms with van der Waals surface area (Å²) in [4.78, 5) is 3.72. The Kier molecular flexibility index (Phi) is 5.81. The molecular weight excluding hydrogens is 266 g/mol. The van der Waals surface area contributed by atoms with Crippen LogP contribution in [0.15, 0.2) is 18.5 Å². The molecule has 1 aliphatic heterocycles. The molecule has 0 bridgehead atoms. The molecule has 6 heteroatoms. The minimum absolute atomic E-state index is 0. The normalized spacial score (nSPS) is 22.7. The van der Waals surface area contributed by atoms with Crippen LogP contribution in [0.5, 0.6) is 0 Å². The predicted octanol–water partition coefficient (Wildman–Crippen LogP) is 2.24. The van der Waals surface area contributed by atoms with Gasteiger partial charge in [0.05, 0.1) is 12.3 Å². The van der Waals surface area contributed by atoms with E-state index in [1.54, 1.807) is 0 Å². The van der Waals surface area contributed by atoms with E-state index in [1.165, 1.54) is 12.3 Å². The Morgan fingerprint density at radius 1 is 1.47 bits per heavy atom. The van der Waals surface area contributed by atoms with Crippen molar-refractivity contribution >= 4 is 24.8 Å². The molecule has 1 unspecified atom stereocenters. The van der Waals surface area contributed by atoms with Crippen LogP contribution in [0.1, 0.15) is 31.9 Å². The van der Waals surface area contributed by atoms with Crippen molar-refractivity contribution in [1.82, 2.24) is 10.3 Å². The summed E-state index contributed by atoms with van der Waals surface area (Å²) in [5.41, 5.74) is 0.606. The fraction of sp³-hybridized carbons (Fsp3) is 0.545. The number of hydrogen-bond donors (Lipinski definition) is 2. The molecule has 1 saturated heterocycles. The fourth-order valence-electron chi connectivity index (χ4n) is 2.04. The van der Waals surface area contributed by atoms with Crippen LogP contribution in [-0.2, 0) is 0 Å². The van der Waals surface area contributed by atoms with Gasteiger partial charge in [-0.2, -0.15) is 0 Å². The van der Waals surface area contributed by atoms with Crippen molar-refractivity contribution in [3.63, 3.8) is 0 Å². The number of pyridine rings is 1. The molecule has 1 aliphatic rings. The molecule has 0 radical (unpaired) electrons. The molecule has 2 N–H and O–H groups in total. The molecular formula is C11H17Cl2FN2O. The summed E-state index contributed by atoms with van der Waals surface area (Å²) >= 11 is 0. The van der Waals surface area contributed by atoms with Gasteiger partial charge in [0.2, 0.25) is 0 Å². The maximum Gasteiger partial charge on any atom is 0.141 e. The summed E-state index contributed by atoms with van der Waals surface area (Å²) in [5.74, 6) is -0.412. The summed E-state index contributed by atoms with van der Waals surface area (Å²) in [7, 11) is 0. The van der Waals surface area contributed by atoms with Crippen LogP contribution in [-0.4, -0.2) is 21.7 Å². The van der Waals surface area contributed by atoms with Crippen molar-refractivity contribution in [2.45, 2.75) is 38.0 Å². The molecule has 2 atom stereocenters. The standard InChI is InChI=1S/C11H15FN2O.2ClH/c1-11(2)4-9(14-11)10(15)7-3-8(12)6-13-5-7;;/h3,5-6,9-10,14-15H,4H2,1-2H3;2*1H/t9-,10?;;/m0../s1.